The zero-order chi connectivity index (χ0) is 13.9. The Morgan fingerprint density at radius 2 is 2.05 bits per heavy atom. The molecule has 0 spiro atoms. The fourth-order valence-electron chi connectivity index (χ4n) is 2.14. The Morgan fingerprint density at radius 1 is 1.26 bits per heavy atom. The predicted octanol–water partition coefficient (Wildman–Crippen LogP) is 2.02. The van der Waals surface area contributed by atoms with Crippen LogP contribution in [0.5, 0.6) is 5.75 Å². The van der Waals surface area contributed by atoms with Crippen LogP contribution in [0, 0.1) is 0 Å². The molecule has 0 radical (unpaired) electrons. The number of aryl methyl sites for hydroxylation is 1. The van der Waals surface area contributed by atoms with Gasteiger partial charge in [-0.1, -0.05) is 6.92 Å². The van der Waals surface area contributed by atoms with Crippen molar-refractivity contribution in [3.8, 4) is 5.75 Å². The van der Waals surface area contributed by atoms with E-state index in [9.17, 15) is 13.2 Å². The summed E-state index contributed by atoms with van der Waals surface area (Å²) in [6, 6.07) is 5.37. The third-order valence-electron chi connectivity index (χ3n) is 3.33. The van der Waals surface area contributed by atoms with E-state index in [1.54, 1.807) is 19.1 Å². The van der Waals surface area contributed by atoms with Crippen molar-refractivity contribution < 1.29 is 17.9 Å². The number of carbonyl (C=O) groups is 1. The maximum absolute atomic E-state index is 11.7. The molecular weight excluding hydrogens is 264 g/mol. The predicted molar refractivity (Wildman–Crippen MR) is 73.5 cm³/mol. The van der Waals surface area contributed by atoms with E-state index in [0.29, 0.717) is 12.2 Å². The maximum Gasteiger partial charge on any atom is 0.163 e. The van der Waals surface area contributed by atoms with Gasteiger partial charge in [-0.05, 0) is 36.6 Å². The van der Waals surface area contributed by atoms with Gasteiger partial charge >= 0.3 is 0 Å². The summed E-state index contributed by atoms with van der Waals surface area (Å²) in [6.07, 6.45) is 2.37. The molecule has 4 nitrogen and oxygen atoms in total. The molecule has 1 aromatic carbocycles. The van der Waals surface area contributed by atoms with E-state index < -0.39 is 9.84 Å². The topological polar surface area (TPSA) is 60.4 Å². The zero-order valence-electron chi connectivity index (χ0n) is 11.0. The molecular formula is C14H18O4S. The van der Waals surface area contributed by atoms with Crippen LogP contribution in [0.4, 0.5) is 0 Å². The Balaban J connectivity index is 2.01. The zero-order valence-corrected chi connectivity index (χ0v) is 11.8. The second-order valence-electron chi connectivity index (χ2n) is 4.68. The first-order chi connectivity index (χ1) is 9.02. The number of ketones is 1. The maximum atomic E-state index is 11.7. The molecule has 19 heavy (non-hydrogen) atoms. The number of hydrogen-bond donors (Lipinski definition) is 0. The van der Waals surface area contributed by atoms with Gasteiger partial charge < -0.3 is 4.74 Å². The standard InChI is InChI=1S/C14H18O4S/c1-2-19(16,17)9-8-18-12-6-7-13-11(10-12)4-3-5-14(13)15/h6-7,10H,2-5,8-9H2,1H3. The van der Waals surface area contributed by atoms with Gasteiger partial charge in [0.05, 0.1) is 5.75 Å². The molecule has 0 atom stereocenters. The minimum atomic E-state index is -2.99. The number of Topliss-reactive ketones (excluding diaryl/α,β-unsaturated/α-hetero) is 1. The number of carbonyl (C=O) groups excluding carboxylic acids is 1. The van der Waals surface area contributed by atoms with Crippen LogP contribution in [0.15, 0.2) is 18.2 Å². The molecule has 0 heterocycles. The molecule has 0 unspecified atom stereocenters. The third-order valence-corrected chi connectivity index (χ3v) is 5.00. The summed E-state index contributed by atoms with van der Waals surface area (Å²) in [5, 5.41) is 0. The van der Waals surface area contributed by atoms with Crippen molar-refractivity contribution in [2.75, 3.05) is 18.1 Å². The number of rotatable bonds is 5. The Morgan fingerprint density at radius 3 is 2.79 bits per heavy atom. The molecule has 0 bridgehead atoms. The van der Waals surface area contributed by atoms with Gasteiger partial charge in [0, 0.05) is 17.7 Å². The summed E-state index contributed by atoms with van der Waals surface area (Å²) in [7, 11) is -2.99. The van der Waals surface area contributed by atoms with Crippen LogP contribution in [0.3, 0.4) is 0 Å². The van der Waals surface area contributed by atoms with Gasteiger partial charge in [0.15, 0.2) is 15.6 Å². The van der Waals surface area contributed by atoms with Crippen molar-refractivity contribution in [2.24, 2.45) is 0 Å². The number of fused-ring (bicyclic) bond motifs is 1. The average molecular weight is 282 g/mol. The van der Waals surface area contributed by atoms with Crippen LogP contribution >= 0.6 is 0 Å². The lowest BCUT2D eigenvalue weighted by atomic mass is 9.91. The first-order valence-electron chi connectivity index (χ1n) is 6.51. The molecule has 0 aromatic heterocycles. The van der Waals surface area contributed by atoms with Crippen LogP contribution in [-0.2, 0) is 16.3 Å². The molecule has 5 heteroatoms. The van der Waals surface area contributed by atoms with E-state index in [-0.39, 0.29) is 23.9 Å². The Labute approximate surface area is 113 Å². The molecule has 1 aliphatic rings. The number of ether oxygens (including phenoxy) is 1. The number of sulfone groups is 1. The van der Waals surface area contributed by atoms with Gasteiger partial charge in [0.25, 0.3) is 0 Å². The van der Waals surface area contributed by atoms with E-state index in [4.69, 9.17) is 4.74 Å². The highest BCUT2D eigenvalue weighted by molar-refractivity contribution is 7.91. The molecule has 2 rings (SSSR count). The first kappa shape index (κ1) is 14.1. The van der Waals surface area contributed by atoms with Crippen molar-refractivity contribution in [3.05, 3.63) is 29.3 Å². The van der Waals surface area contributed by atoms with Crippen LogP contribution in [0.1, 0.15) is 35.7 Å². The average Bonchev–Trinajstić information content (AvgIpc) is 2.39. The molecule has 0 aliphatic heterocycles. The second-order valence-corrected chi connectivity index (χ2v) is 7.15. The van der Waals surface area contributed by atoms with Crippen LogP contribution in [-0.4, -0.2) is 32.3 Å². The highest BCUT2D eigenvalue weighted by atomic mass is 32.2. The Kier molecular flexibility index (Phi) is 4.24. The summed E-state index contributed by atoms with van der Waals surface area (Å²) in [5.41, 5.74) is 1.78. The second kappa shape index (κ2) is 5.74. The van der Waals surface area contributed by atoms with E-state index in [1.165, 1.54) is 0 Å². The monoisotopic (exact) mass is 282 g/mol. The quantitative estimate of drug-likeness (QED) is 0.829. The van der Waals surface area contributed by atoms with Crippen LogP contribution < -0.4 is 4.74 Å². The molecule has 0 saturated carbocycles. The molecule has 0 amide bonds. The highest BCUT2D eigenvalue weighted by Gasteiger charge is 2.17. The third kappa shape index (κ3) is 3.56. The summed E-state index contributed by atoms with van der Waals surface area (Å²) < 4.78 is 28.1. The molecule has 1 aliphatic carbocycles. The van der Waals surface area contributed by atoms with Gasteiger partial charge in [-0.25, -0.2) is 8.42 Å². The SMILES string of the molecule is CCS(=O)(=O)CCOc1ccc2c(c1)CCCC2=O. The minimum Gasteiger partial charge on any atom is -0.493 e. The highest BCUT2D eigenvalue weighted by Crippen LogP contribution is 2.25. The molecule has 104 valence electrons. The van der Waals surface area contributed by atoms with Crippen molar-refractivity contribution >= 4 is 15.6 Å². The lowest BCUT2D eigenvalue weighted by Gasteiger charge is -2.15. The number of benzene rings is 1. The molecule has 0 fully saturated rings. The van der Waals surface area contributed by atoms with Crippen molar-refractivity contribution in [1.29, 1.82) is 0 Å². The smallest absolute Gasteiger partial charge is 0.163 e. The largest absolute Gasteiger partial charge is 0.493 e. The Hall–Kier alpha value is -1.36. The molecule has 0 saturated heterocycles. The normalized spacial score (nSPS) is 15.1. The van der Waals surface area contributed by atoms with Crippen molar-refractivity contribution in [1.82, 2.24) is 0 Å². The van der Waals surface area contributed by atoms with E-state index >= 15 is 0 Å². The van der Waals surface area contributed by atoms with Crippen LogP contribution in [0.25, 0.3) is 0 Å². The van der Waals surface area contributed by atoms with Gasteiger partial charge in [-0.2, -0.15) is 0 Å². The van der Waals surface area contributed by atoms with E-state index in [2.05, 4.69) is 0 Å². The van der Waals surface area contributed by atoms with Crippen LogP contribution in [0.2, 0.25) is 0 Å². The summed E-state index contributed by atoms with van der Waals surface area (Å²) in [4.78, 5) is 11.7. The van der Waals surface area contributed by atoms with Crippen molar-refractivity contribution in [3.63, 3.8) is 0 Å². The fraction of sp³-hybridized carbons (Fsp3) is 0.500. The fourth-order valence-corrected chi connectivity index (χ4v) is 2.77. The lowest BCUT2D eigenvalue weighted by molar-refractivity contribution is 0.0972. The number of hydrogen-bond acceptors (Lipinski definition) is 4. The minimum absolute atomic E-state index is 0.0273. The van der Waals surface area contributed by atoms with E-state index in [0.717, 1.165) is 24.0 Å². The summed E-state index contributed by atoms with van der Waals surface area (Å²) >= 11 is 0. The summed E-state index contributed by atoms with van der Waals surface area (Å²) in [6.45, 7) is 1.78. The molecule has 0 N–H and O–H groups in total. The van der Waals surface area contributed by atoms with Gasteiger partial charge in [-0.15, -0.1) is 0 Å². The summed E-state index contributed by atoms with van der Waals surface area (Å²) in [5.74, 6) is 0.982. The first-order valence-corrected chi connectivity index (χ1v) is 8.33. The molecule has 1 aromatic rings. The van der Waals surface area contributed by atoms with Gasteiger partial charge in [-0.3, -0.25) is 4.79 Å². The van der Waals surface area contributed by atoms with Gasteiger partial charge in [0.2, 0.25) is 0 Å². The van der Waals surface area contributed by atoms with Crippen molar-refractivity contribution in [2.45, 2.75) is 26.2 Å². The lowest BCUT2D eigenvalue weighted by Crippen LogP contribution is -2.16. The Bertz CT molecular complexity index is 575. The van der Waals surface area contributed by atoms with E-state index in [1.807, 2.05) is 6.07 Å². The van der Waals surface area contributed by atoms with Gasteiger partial charge in [0.1, 0.15) is 12.4 Å².